The third-order valence-corrected chi connectivity index (χ3v) is 3.70. The van der Waals surface area contributed by atoms with E-state index in [1.807, 2.05) is 0 Å². The van der Waals surface area contributed by atoms with Crippen LogP contribution in [-0.4, -0.2) is 18.2 Å². The van der Waals surface area contributed by atoms with Crippen molar-refractivity contribution in [1.29, 1.82) is 0 Å². The van der Waals surface area contributed by atoms with Crippen LogP contribution in [0, 0.1) is 0 Å². The molecule has 1 N–H and O–H groups in total. The van der Waals surface area contributed by atoms with Gasteiger partial charge in [-0.15, -0.1) is 0 Å². The molecule has 0 atom stereocenters. The van der Waals surface area contributed by atoms with Gasteiger partial charge in [0.15, 0.2) is 0 Å². The van der Waals surface area contributed by atoms with Gasteiger partial charge in [-0.2, -0.15) is 0 Å². The number of halogens is 1. The Balaban J connectivity index is 2.46. The summed E-state index contributed by atoms with van der Waals surface area (Å²) in [6, 6.07) is 7.39. The number of rotatable bonds is 2. The molecule has 17 heavy (non-hydrogen) atoms. The fraction of sp³-hybridized carbons (Fsp3) is 0.100. The molecular weight excluding hydrogens is 264 g/mol. The molecule has 1 aromatic heterocycles. The molecule has 0 radical (unpaired) electrons. The highest BCUT2D eigenvalue weighted by Gasteiger charge is 2.10. The number of nitrogens with zero attached hydrogens (tertiary/aromatic N) is 1. The number of hydrogen-bond donors (Lipinski definition) is 1. The van der Waals surface area contributed by atoms with Gasteiger partial charge in [-0.25, -0.2) is 8.42 Å². The quantitative estimate of drug-likeness (QED) is 0.838. The predicted molar refractivity (Wildman–Crippen MR) is 64.5 cm³/mol. The second-order valence-corrected chi connectivity index (χ2v) is 6.10. The van der Waals surface area contributed by atoms with E-state index in [0.717, 1.165) is 0 Å². The first-order valence-corrected chi connectivity index (χ1v) is 7.00. The van der Waals surface area contributed by atoms with Crippen LogP contribution in [0.25, 0.3) is 11.3 Å². The highest BCUT2D eigenvalue weighted by atomic mass is 35.7. The Hall–Kier alpha value is -1.53. The molecule has 5 nitrogen and oxygen atoms in total. The standard InChI is InChI=1S/C10H9ClN2O3S/c1-13-10(14)6-9(12-13)7-2-4-8(5-3-7)17(11,15)16/h2-6,12H,1H3. The zero-order valence-corrected chi connectivity index (χ0v) is 10.4. The molecular formula is C10H9ClN2O3S. The number of aromatic nitrogens is 2. The number of H-pyrrole nitrogens is 1. The number of nitrogens with one attached hydrogen (secondary N) is 1. The Morgan fingerprint density at radius 3 is 2.24 bits per heavy atom. The summed E-state index contributed by atoms with van der Waals surface area (Å²) >= 11 is 0. The molecule has 1 heterocycles. The van der Waals surface area contributed by atoms with Crippen LogP contribution in [0.1, 0.15) is 0 Å². The highest BCUT2D eigenvalue weighted by Crippen LogP contribution is 2.20. The van der Waals surface area contributed by atoms with Gasteiger partial charge >= 0.3 is 0 Å². The van der Waals surface area contributed by atoms with E-state index in [-0.39, 0.29) is 10.5 Å². The average Bonchev–Trinajstić information content (AvgIpc) is 2.58. The van der Waals surface area contributed by atoms with Gasteiger partial charge in [0.05, 0.1) is 10.6 Å². The maximum Gasteiger partial charge on any atom is 0.266 e. The lowest BCUT2D eigenvalue weighted by atomic mass is 10.2. The highest BCUT2D eigenvalue weighted by molar-refractivity contribution is 8.13. The summed E-state index contributed by atoms with van der Waals surface area (Å²) in [5.74, 6) is 0. The van der Waals surface area contributed by atoms with Crippen molar-refractivity contribution < 1.29 is 8.42 Å². The molecule has 0 aliphatic heterocycles. The molecule has 0 spiro atoms. The van der Waals surface area contributed by atoms with Crippen LogP contribution in [0.4, 0.5) is 0 Å². The fourth-order valence-corrected chi connectivity index (χ4v) is 2.20. The largest absolute Gasteiger partial charge is 0.295 e. The Kier molecular flexibility index (Phi) is 2.84. The van der Waals surface area contributed by atoms with Crippen LogP contribution in [0.5, 0.6) is 0 Å². The van der Waals surface area contributed by atoms with E-state index < -0.39 is 9.05 Å². The third-order valence-electron chi connectivity index (χ3n) is 2.33. The maximum absolute atomic E-state index is 11.3. The van der Waals surface area contributed by atoms with Crippen molar-refractivity contribution in [3.63, 3.8) is 0 Å². The molecule has 7 heteroatoms. The van der Waals surface area contributed by atoms with E-state index in [0.29, 0.717) is 11.3 Å². The molecule has 0 fully saturated rings. The SMILES string of the molecule is Cn1[nH]c(-c2ccc(S(=O)(=O)Cl)cc2)cc1=O. The van der Waals surface area contributed by atoms with Gasteiger partial charge in [0.1, 0.15) is 0 Å². The van der Waals surface area contributed by atoms with Crippen molar-refractivity contribution in [2.75, 3.05) is 0 Å². The van der Waals surface area contributed by atoms with E-state index in [1.165, 1.54) is 22.9 Å². The van der Waals surface area contributed by atoms with Crippen molar-refractivity contribution in [3.8, 4) is 11.3 Å². The minimum Gasteiger partial charge on any atom is -0.295 e. The molecule has 0 bridgehead atoms. The van der Waals surface area contributed by atoms with Gasteiger partial charge in [-0.3, -0.25) is 14.6 Å². The Labute approximate surface area is 102 Å². The van der Waals surface area contributed by atoms with Crippen molar-refractivity contribution in [1.82, 2.24) is 9.78 Å². The van der Waals surface area contributed by atoms with Crippen LogP contribution in [0.3, 0.4) is 0 Å². The average molecular weight is 273 g/mol. The van der Waals surface area contributed by atoms with Crippen LogP contribution in [0.15, 0.2) is 40.0 Å². The first kappa shape index (κ1) is 11.9. The van der Waals surface area contributed by atoms with Gasteiger partial charge in [-0.05, 0) is 17.7 Å². The second-order valence-electron chi connectivity index (χ2n) is 3.53. The Bertz CT molecular complexity index is 698. The van der Waals surface area contributed by atoms with Crippen LogP contribution in [0.2, 0.25) is 0 Å². The summed E-state index contributed by atoms with van der Waals surface area (Å²) < 4.78 is 23.4. The van der Waals surface area contributed by atoms with Crippen LogP contribution < -0.4 is 5.56 Å². The van der Waals surface area contributed by atoms with E-state index in [2.05, 4.69) is 5.10 Å². The van der Waals surface area contributed by atoms with Gasteiger partial charge in [0, 0.05) is 23.8 Å². The molecule has 0 aliphatic carbocycles. The topological polar surface area (TPSA) is 71.9 Å². The number of hydrogen-bond acceptors (Lipinski definition) is 3. The predicted octanol–water partition coefficient (Wildman–Crippen LogP) is 1.31. The van der Waals surface area contributed by atoms with E-state index in [9.17, 15) is 13.2 Å². The summed E-state index contributed by atoms with van der Waals surface area (Å²) in [6.45, 7) is 0. The van der Waals surface area contributed by atoms with E-state index >= 15 is 0 Å². The van der Waals surface area contributed by atoms with E-state index in [4.69, 9.17) is 10.7 Å². The van der Waals surface area contributed by atoms with Crippen LogP contribution in [-0.2, 0) is 16.1 Å². The monoisotopic (exact) mass is 272 g/mol. The summed E-state index contributed by atoms with van der Waals surface area (Å²) in [6.07, 6.45) is 0. The molecule has 0 saturated carbocycles. The molecule has 2 aromatic rings. The van der Waals surface area contributed by atoms with Crippen molar-refractivity contribution in [3.05, 3.63) is 40.7 Å². The second kappa shape index (κ2) is 4.05. The molecule has 90 valence electrons. The normalized spacial score (nSPS) is 11.6. The molecule has 1 aromatic carbocycles. The van der Waals surface area contributed by atoms with Gasteiger partial charge < -0.3 is 0 Å². The van der Waals surface area contributed by atoms with Crippen molar-refractivity contribution >= 4 is 19.7 Å². The summed E-state index contributed by atoms with van der Waals surface area (Å²) in [7, 11) is 3.09. The van der Waals surface area contributed by atoms with E-state index in [1.54, 1.807) is 19.2 Å². The molecule has 0 unspecified atom stereocenters. The number of aromatic amines is 1. The Morgan fingerprint density at radius 2 is 1.82 bits per heavy atom. The van der Waals surface area contributed by atoms with Gasteiger partial charge in [0.25, 0.3) is 14.6 Å². The Morgan fingerprint density at radius 1 is 1.24 bits per heavy atom. The lowest BCUT2D eigenvalue weighted by Crippen LogP contribution is -2.09. The molecule has 2 rings (SSSR count). The minimum absolute atomic E-state index is 0.0289. The minimum atomic E-state index is -3.71. The molecule has 0 amide bonds. The van der Waals surface area contributed by atoms with Gasteiger partial charge in [-0.1, -0.05) is 12.1 Å². The molecule has 0 aliphatic rings. The van der Waals surface area contributed by atoms with Gasteiger partial charge in [0.2, 0.25) is 0 Å². The zero-order chi connectivity index (χ0) is 12.6. The first-order valence-electron chi connectivity index (χ1n) is 4.69. The van der Waals surface area contributed by atoms with Crippen molar-refractivity contribution in [2.24, 2.45) is 7.05 Å². The third kappa shape index (κ3) is 2.42. The zero-order valence-electron chi connectivity index (χ0n) is 8.84. The summed E-state index contributed by atoms with van der Waals surface area (Å²) in [5.41, 5.74) is 1.18. The first-order chi connectivity index (χ1) is 7.88. The maximum atomic E-state index is 11.3. The number of aryl methyl sites for hydroxylation is 1. The molecule has 0 saturated heterocycles. The summed E-state index contributed by atoms with van der Waals surface area (Å²) in [5, 5.41) is 2.84. The number of benzene rings is 1. The summed E-state index contributed by atoms with van der Waals surface area (Å²) in [4.78, 5) is 11.3. The smallest absolute Gasteiger partial charge is 0.266 e. The van der Waals surface area contributed by atoms with Crippen molar-refractivity contribution in [2.45, 2.75) is 4.90 Å². The lowest BCUT2D eigenvalue weighted by Gasteiger charge is -1.99. The lowest BCUT2D eigenvalue weighted by molar-refractivity contribution is 0.609. The fourth-order valence-electron chi connectivity index (χ4n) is 1.43. The van der Waals surface area contributed by atoms with Crippen LogP contribution >= 0.6 is 10.7 Å².